The van der Waals surface area contributed by atoms with E-state index in [0.29, 0.717) is 28.6 Å². The maximum atomic E-state index is 14.4. The summed E-state index contributed by atoms with van der Waals surface area (Å²) >= 11 is 5.87. The summed E-state index contributed by atoms with van der Waals surface area (Å²) in [5.41, 5.74) is 2.98. The lowest BCUT2D eigenvalue weighted by atomic mass is 10.0. The highest BCUT2D eigenvalue weighted by Gasteiger charge is 2.13. The summed E-state index contributed by atoms with van der Waals surface area (Å²) in [5.74, 6) is 0.294. The second kappa shape index (κ2) is 6.53. The third kappa shape index (κ3) is 3.19. The zero-order chi connectivity index (χ0) is 17.2. The molecule has 0 aliphatic rings. The van der Waals surface area contributed by atoms with Gasteiger partial charge in [0, 0.05) is 41.1 Å². The molecule has 0 aliphatic heterocycles. The van der Waals surface area contributed by atoms with E-state index in [1.807, 2.05) is 24.3 Å². The number of fused-ring (bicyclic) bond motifs is 1. The van der Waals surface area contributed by atoms with Gasteiger partial charge in [0.05, 0.1) is 0 Å². The first-order chi connectivity index (χ1) is 12.2. The number of benzene rings is 1. The van der Waals surface area contributed by atoms with Crippen molar-refractivity contribution in [3.05, 3.63) is 77.5 Å². The zero-order valence-corrected chi connectivity index (χ0v) is 13.9. The molecule has 0 atom stereocenters. The van der Waals surface area contributed by atoms with Crippen molar-refractivity contribution in [2.24, 2.45) is 0 Å². The number of anilines is 1. The van der Waals surface area contributed by atoms with E-state index in [2.05, 4.69) is 20.3 Å². The molecule has 0 saturated carbocycles. The normalized spacial score (nSPS) is 11.0. The van der Waals surface area contributed by atoms with E-state index in [1.54, 1.807) is 30.7 Å². The number of nitrogens with zero attached hydrogens (tertiary/aromatic N) is 2. The monoisotopic (exact) mass is 352 g/mol. The van der Waals surface area contributed by atoms with Gasteiger partial charge in [-0.05, 0) is 47.5 Å². The average molecular weight is 353 g/mol. The van der Waals surface area contributed by atoms with Crippen LogP contribution < -0.4 is 5.32 Å². The van der Waals surface area contributed by atoms with Gasteiger partial charge in [0.15, 0.2) is 0 Å². The van der Waals surface area contributed by atoms with E-state index >= 15 is 0 Å². The fraction of sp³-hybridized carbons (Fsp3) is 0.0526. The second-order valence-electron chi connectivity index (χ2n) is 5.63. The maximum Gasteiger partial charge on any atom is 0.140 e. The van der Waals surface area contributed by atoms with Gasteiger partial charge in [-0.2, -0.15) is 0 Å². The Hall–Kier alpha value is -2.92. The van der Waals surface area contributed by atoms with Crippen molar-refractivity contribution in [2.45, 2.75) is 6.54 Å². The molecule has 4 aromatic rings. The molecular weight excluding hydrogens is 339 g/mol. The van der Waals surface area contributed by atoms with Gasteiger partial charge in [-0.3, -0.25) is 4.98 Å². The Labute approximate surface area is 148 Å². The van der Waals surface area contributed by atoms with Gasteiger partial charge in [0.25, 0.3) is 0 Å². The first kappa shape index (κ1) is 15.6. The van der Waals surface area contributed by atoms with Crippen LogP contribution in [0.1, 0.15) is 5.56 Å². The van der Waals surface area contributed by atoms with Gasteiger partial charge in [-0.1, -0.05) is 17.7 Å². The number of pyridine rings is 2. The van der Waals surface area contributed by atoms with Crippen molar-refractivity contribution in [1.82, 2.24) is 15.0 Å². The Morgan fingerprint density at radius 2 is 2.04 bits per heavy atom. The maximum absolute atomic E-state index is 14.4. The van der Waals surface area contributed by atoms with Gasteiger partial charge in [0.2, 0.25) is 0 Å². The molecule has 0 aliphatic carbocycles. The third-order valence-corrected chi connectivity index (χ3v) is 4.18. The van der Waals surface area contributed by atoms with Gasteiger partial charge in [-0.15, -0.1) is 0 Å². The predicted molar refractivity (Wildman–Crippen MR) is 98.1 cm³/mol. The van der Waals surface area contributed by atoms with E-state index in [0.717, 1.165) is 16.5 Å². The van der Waals surface area contributed by atoms with Gasteiger partial charge < -0.3 is 10.3 Å². The molecule has 2 N–H and O–H groups in total. The fourth-order valence-electron chi connectivity index (χ4n) is 2.75. The Bertz CT molecular complexity index is 1030. The molecule has 0 radical (unpaired) electrons. The van der Waals surface area contributed by atoms with Crippen LogP contribution in [0.5, 0.6) is 0 Å². The third-order valence-electron chi connectivity index (χ3n) is 3.95. The van der Waals surface area contributed by atoms with Crippen LogP contribution in [0, 0.1) is 5.82 Å². The van der Waals surface area contributed by atoms with Crippen molar-refractivity contribution in [2.75, 3.05) is 5.32 Å². The molecule has 25 heavy (non-hydrogen) atoms. The highest BCUT2D eigenvalue weighted by molar-refractivity contribution is 6.30. The van der Waals surface area contributed by atoms with Crippen LogP contribution in [0.4, 0.5) is 10.2 Å². The van der Waals surface area contributed by atoms with E-state index in [-0.39, 0.29) is 5.82 Å². The summed E-state index contributed by atoms with van der Waals surface area (Å²) in [6.45, 7) is 0.579. The number of aromatic nitrogens is 3. The van der Waals surface area contributed by atoms with Gasteiger partial charge in [-0.25, -0.2) is 9.37 Å². The highest BCUT2D eigenvalue weighted by Crippen LogP contribution is 2.32. The molecule has 3 aromatic heterocycles. The molecule has 0 amide bonds. The first-order valence-corrected chi connectivity index (χ1v) is 8.15. The summed E-state index contributed by atoms with van der Waals surface area (Å²) in [5, 5.41) is 4.49. The second-order valence-corrected chi connectivity index (χ2v) is 6.07. The largest absolute Gasteiger partial charge is 0.366 e. The van der Waals surface area contributed by atoms with E-state index in [1.165, 1.54) is 6.07 Å². The molecule has 1 aromatic carbocycles. The number of halogens is 2. The van der Waals surface area contributed by atoms with E-state index in [9.17, 15) is 4.39 Å². The predicted octanol–water partition coefficient (Wildman–Crippen LogP) is 5.03. The zero-order valence-electron chi connectivity index (χ0n) is 13.1. The summed E-state index contributed by atoms with van der Waals surface area (Å²) in [4.78, 5) is 11.7. The molecular formula is C19H14ClFN4. The van der Waals surface area contributed by atoms with Crippen molar-refractivity contribution in [3.8, 4) is 11.1 Å². The lowest BCUT2D eigenvalue weighted by Gasteiger charge is -2.10. The Morgan fingerprint density at radius 3 is 2.84 bits per heavy atom. The molecule has 4 nitrogen and oxygen atoms in total. The molecule has 0 saturated heterocycles. The van der Waals surface area contributed by atoms with Crippen LogP contribution in [0.3, 0.4) is 0 Å². The summed E-state index contributed by atoms with van der Waals surface area (Å²) in [6.07, 6.45) is 5.31. The van der Waals surface area contributed by atoms with Gasteiger partial charge >= 0.3 is 0 Å². The number of nitrogens with one attached hydrogen (secondary N) is 2. The van der Waals surface area contributed by atoms with Crippen molar-refractivity contribution >= 4 is 28.5 Å². The van der Waals surface area contributed by atoms with E-state index < -0.39 is 0 Å². The Kier molecular flexibility index (Phi) is 4.07. The topological polar surface area (TPSA) is 53.6 Å². The van der Waals surface area contributed by atoms with Crippen LogP contribution >= 0.6 is 11.6 Å². The molecule has 6 heteroatoms. The molecule has 0 bridgehead atoms. The van der Waals surface area contributed by atoms with Crippen molar-refractivity contribution in [1.29, 1.82) is 0 Å². The Balaban J connectivity index is 1.74. The number of rotatable bonds is 4. The smallest absolute Gasteiger partial charge is 0.140 e. The minimum Gasteiger partial charge on any atom is -0.366 e. The SMILES string of the molecule is Fc1cc(Cl)ccc1-c1cc(NCc2cccnc2)nc2[nH]ccc12. The van der Waals surface area contributed by atoms with Gasteiger partial charge in [0.1, 0.15) is 17.3 Å². The van der Waals surface area contributed by atoms with Crippen LogP contribution in [-0.4, -0.2) is 15.0 Å². The summed E-state index contributed by atoms with van der Waals surface area (Å²) in [6, 6.07) is 12.3. The van der Waals surface area contributed by atoms with E-state index in [4.69, 9.17) is 11.6 Å². The standard InChI is InChI=1S/C19H14ClFN4/c20-13-3-4-14(17(21)8-13)16-9-18(25-19-15(16)5-7-23-19)24-11-12-2-1-6-22-10-12/h1-10H,11H2,(H2,23,24,25). The van der Waals surface area contributed by atoms with Crippen LogP contribution in [-0.2, 0) is 6.54 Å². The number of hydrogen-bond acceptors (Lipinski definition) is 3. The fourth-order valence-corrected chi connectivity index (χ4v) is 2.91. The number of aromatic amines is 1. The molecule has 0 spiro atoms. The number of hydrogen-bond donors (Lipinski definition) is 2. The summed E-state index contributed by atoms with van der Waals surface area (Å²) in [7, 11) is 0. The summed E-state index contributed by atoms with van der Waals surface area (Å²) < 4.78 is 14.4. The highest BCUT2D eigenvalue weighted by atomic mass is 35.5. The van der Waals surface area contributed by atoms with Crippen molar-refractivity contribution in [3.63, 3.8) is 0 Å². The minimum absolute atomic E-state index is 0.362. The lowest BCUT2D eigenvalue weighted by Crippen LogP contribution is -2.02. The average Bonchev–Trinajstić information content (AvgIpc) is 3.09. The van der Waals surface area contributed by atoms with Crippen molar-refractivity contribution < 1.29 is 4.39 Å². The molecule has 124 valence electrons. The molecule has 0 fully saturated rings. The minimum atomic E-state index is -0.362. The van der Waals surface area contributed by atoms with Crippen LogP contribution in [0.25, 0.3) is 22.2 Å². The van der Waals surface area contributed by atoms with Crippen LogP contribution in [0.2, 0.25) is 5.02 Å². The Morgan fingerprint density at radius 1 is 1.12 bits per heavy atom. The molecule has 3 heterocycles. The number of H-pyrrole nitrogens is 1. The first-order valence-electron chi connectivity index (χ1n) is 7.77. The quantitative estimate of drug-likeness (QED) is 0.541. The molecule has 0 unspecified atom stereocenters. The van der Waals surface area contributed by atoms with Crippen LogP contribution in [0.15, 0.2) is 61.1 Å². The lowest BCUT2D eigenvalue weighted by molar-refractivity contribution is 0.631. The molecule has 4 rings (SSSR count).